The molecule has 0 aromatic carbocycles. The van der Waals surface area contributed by atoms with E-state index in [1.54, 1.807) is 0 Å². The number of nitrogens with zero attached hydrogens (tertiary/aromatic N) is 3. The molecule has 1 N–H and O–H groups in total. The monoisotopic (exact) mass is 255 g/mol. The molecular formula is C6H6N3NaO7. The Morgan fingerprint density at radius 2 is 1.65 bits per heavy atom. The second kappa shape index (κ2) is 5.31. The van der Waals surface area contributed by atoms with Crippen LogP contribution < -0.4 is 0 Å². The second-order valence-corrected chi connectivity index (χ2v) is 2.93. The molecule has 1 unspecified atom stereocenters. The summed E-state index contributed by atoms with van der Waals surface area (Å²) in [5, 5.41) is 40.6. The number of aliphatic hydroxyl groups excluding tert-OH is 1. The van der Waals surface area contributed by atoms with Gasteiger partial charge in [-0.3, -0.25) is 30.3 Å². The van der Waals surface area contributed by atoms with Crippen LogP contribution in [0.5, 0.6) is 0 Å². The fourth-order valence-corrected chi connectivity index (χ4v) is 1.14. The van der Waals surface area contributed by atoms with Crippen molar-refractivity contribution in [1.29, 1.82) is 0 Å². The van der Waals surface area contributed by atoms with Crippen LogP contribution in [-0.2, 0) is 0 Å². The molecule has 11 heteroatoms. The molecule has 0 saturated heterocycles. The molecule has 0 radical (unpaired) electrons. The SMILES string of the molecule is O=[N+]([O-])C1=CC([N+](=O)[O-])([N+](=O)[O-])C=CC1O.[NaH]. The van der Waals surface area contributed by atoms with Crippen molar-refractivity contribution in [3.05, 3.63) is 54.3 Å². The zero-order valence-electron chi connectivity index (χ0n) is 7.55. The molecule has 1 aliphatic rings. The number of nitro groups is 3. The molecule has 88 valence electrons. The minimum atomic E-state index is -2.89. The van der Waals surface area contributed by atoms with Gasteiger partial charge in [0, 0.05) is 0 Å². The predicted molar refractivity (Wildman–Crippen MR) is 54.1 cm³/mol. The Morgan fingerprint density at radius 3 is 2.00 bits per heavy atom. The molecule has 0 amide bonds. The van der Waals surface area contributed by atoms with Gasteiger partial charge in [-0.15, -0.1) is 0 Å². The number of hydrogen-bond donors (Lipinski definition) is 1. The quantitative estimate of drug-likeness (QED) is 0.216. The molecule has 0 aromatic rings. The molecule has 1 rings (SSSR count). The van der Waals surface area contributed by atoms with Gasteiger partial charge in [0.05, 0.1) is 11.0 Å². The summed E-state index contributed by atoms with van der Waals surface area (Å²) in [4.78, 5) is 27.8. The van der Waals surface area contributed by atoms with Gasteiger partial charge < -0.3 is 5.11 Å². The summed E-state index contributed by atoms with van der Waals surface area (Å²) in [6.07, 6.45) is -0.325. The maximum atomic E-state index is 10.6. The summed E-state index contributed by atoms with van der Waals surface area (Å²) in [6.45, 7) is 0. The summed E-state index contributed by atoms with van der Waals surface area (Å²) in [7, 11) is 0. The van der Waals surface area contributed by atoms with Crippen LogP contribution in [0.15, 0.2) is 23.9 Å². The first-order valence-electron chi connectivity index (χ1n) is 3.85. The number of aliphatic hydroxyl groups is 1. The molecule has 0 aromatic heterocycles. The first-order valence-corrected chi connectivity index (χ1v) is 3.85. The summed E-state index contributed by atoms with van der Waals surface area (Å²) in [5.74, 6) is 0. The molecular weight excluding hydrogens is 249 g/mol. The van der Waals surface area contributed by atoms with Gasteiger partial charge in [0.15, 0.2) is 12.2 Å². The van der Waals surface area contributed by atoms with Gasteiger partial charge in [-0.05, 0) is 6.08 Å². The fraction of sp³-hybridized carbons (Fsp3) is 0.333. The summed E-state index contributed by atoms with van der Waals surface area (Å²) in [6, 6.07) is 0. The van der Waals surface area contributed by atoms with Crippen LogP contribution in [-0.4, -0.2) is 61.2 Å². The zero-order valence-corrected chi connectivity index (χ0v) is 7.55. The Kier molecular flexibility index (Phi) is 4.89. The first kappa shape index (κ1) is 15.6. The van der Waals surface area contributed by atoms with E-state index >= 15 is 0 Å². The van der Waals surface area contributed by atoms with Gasteiger partial charge >= 0.3 is 35.2 Å². The first-order chi connectivity index (χ1) is 7.31. The minimum absolute atomic E-state index is 0. The standard InChI is InChI=1S/C6H5N3O7.Na.H/c10-5-1-2-6(8(13)14,9(15)16)3-4(5)7(11)12;;/h1-3,5,10H;;. The van der Waals surface area contributed by atoms with Gasteiger partial charge in [0.25, 0.3) is 5.70 Å². The van der Waals surface area contributed by atoms with Gasteiger partial charge in [-0.25, -0.2) is 0 Å². The van der Waals surface area contributed by atoms with E-state index in [9.17, 15) is 30.3 Å². The topological polar surface area (TPSA) is 150 Å². The van der Waals surface area contributed by atoms with Gasteiger partial charge in [0.1, 0.15) is 9.85 Å². The van der Waals surface area contributed by atoms with Crippen molar-refractivity contribution in [2.75, 3.05) is 0 Å². The van der Waals surface area contributed by atoms with Crippen LogP contribution >= 0.6 is 0 Å². The van der Waals surface area contributed by atoms with Crippen molar-refractivity contribution < 1.29 is 19.9 Å². The number of hydrogen-bond acceptors (Lipinski definition) is 7. The average Bonchev–Trinajstić information content (AvgIpc) is 2.17. The van der Waals surface area contributed by atoms with Crippen LogP contribution in [0, 0.1) is 30.3 Å². The Morgan fingerprint density at radius 1 is 1.18 bits per heavy atom. The van der Waals surface area contributed by atoms with E-state index in [2.05, 4.69) is 0 Å². The van der Waals surface area contributed by atoms with E-state index in [0.29, 0.717) is 12.2 Å². The molecule has 10 nitrogen and oxygen atoms in total. The van der Waals surface area contributed by atoms with Crippen molar-refractivity contribution in [3.8, 4) is 0 Å². The summed E-state index contributed by atoms with van der Waals surface area (Å²) in [5.41, 5.74) is -3.88. The van der Waals surface area contributed by atoms with Crippen molar-refractivity contribution in [2.24, 2.45) is 0 Å². The third-order valence-corrected chi connectivity index (χ3v) is 1.98. The van der Waals surface area contributed by atoms with Crippen molar-refractivity contribution in [1.82, 2.24) is 0 Å². The van der Waals surface area contributed by atoms with E-state index in [1.807, 2.05) is 0 Å². The Hall–Kier alpha value is -1.36. The van der Waals surface area contributed by atoms with Crippen LogP contribution in [0.4, 0.5) is 0 Å². The predicted octanol–water partition coefficient (Wildman–Crippen LogP) is -1.32. The normalized spacial score (nSPS) is 21.0. The Bertz CT molecular complexity index is 417. The van der Waals surface area contributed by atoms with E-state index < -0.39 is 32.2 Å². The van der Waals surface area contributed by atoms with Gasteiger partial charge in [0.2, 0.25) is 0 Å². The maximum absolute atomic E-state index is 10.6. The van der Waals surface area contributed by atoms with Crippen molar-refractivity contribution in [2.45, 2.75) is 11.8 Å². The zero-order chi connectivity index (χ0) is 12.5. The van der Waals surface area contributed by atoms with E-state index in [-0.39, 0.29) is 35.6 Å². The van der Waals surface area contributed by atoms with Crippen molar-refractivity contribution >= 4 is 29.6 Å². The van der Waals surface area contributed by atoms with Crippen LogP contribution in [0.2, 0.25) is 0 Å². The fourth-order valence-electron chi connectivity index (χ4n) is 1.14. The molecule has 1 atom stereocenters. The molecule has 0 bridgehead atoms. The van der Waals surface area contributed by atoms with Crippen LogP contribution in [0.3, 0.4) is 0 Å². The number of rotatable bonds is 3. The molecule has 0 aliphatic heterocycles. The average molecular weight is 255 g/mol. The van der Waals surface area contributed by atoms with Gasteiger partial charge in [-0.2, -0.15) is 0 Å². The second-order valence-electron chi connectivity index (χ2n) is 2.93. The van der Waals surface area contributed by atoms with Gasteiger partial charge in [-0.1, -0.05) is 0 Å². The van der Waals surface area contributed by atoms with E-state index in [4.69, 9.17) is 5.11 Å². The third kappa shape index (κ3) is 2.66. The molecule has 1 aliphatic carbocycles. The summed E-state index contributed by atoms with van der Waals surface area (Å²) >= 11 is 0. The van der Waals surface area contributed by atoms with E-state index in [1.165, 1.54) is 0 Å². The molecule has 0 spiro atoms. The van der Waals surface area contributed by atoms with Crippen LogP contribution in [0.1, 0.15) is 0 Å². The third-order valence-electron chi connectivity index (χ3n) is 1.98. The molecule has 17 heavy (non-hydrogen) atoms. The Labute approximate surface area is 115 Å². The van der Waals surface area contributed by atoms with Crippen molar-refractivity contribution in [3.63, 3.8) is 0 Å². The molecule has 0 fully saturated rings. The van der Waals surface area contributed by atoms with Crippen LogP contribution in [0.25, 0.3) is 0 Å². The Balaban J connectivity index is 0.00000256. The van der Waals surface area contributed by atoms with E-state index in [0.717, 1.165) is 0 Å². The summed E-state index contributed by atoms with van der Waals surface area (Å²) < 4.78 is 0. The molecule has 0 saturated carbocycles. The molecule has 0 heterocycles.